The van der Waals surface area contributed by atoms with Crippen molar-refractivity contribution in [3.8, 4) is 0 Å². The van der Waals surface area contributed by atoms with Gasteiger partial charge in [0.25, 0.3) is 5.91 Å². The molecule has 0 bridgehead atoms. The van der Waals surface area contributed by atoms with Crippen LogP contribution >= 0.6 is 12.4 Å². The van der Waals surface area contributed by atoms with E-state index in [9.17, 15) is 4.79 Å². The molecule has 114 valence electrons. The third-order valence-corrected chi connectivity index (χ3v) is 3.42. The van der Waals surface area contributed by atoms with Crippen LogP contribution in [0.25, 0.3) is 10.9 Å². The van der Waals surface area contributed by atoms with E-state index in [1.165, 1.54) is 0 Å². The molecule has 2 rings (SSSR count). The zero-order valence-electron chi connectivity index (χ0n) is 12.6. The molecule has 21 heavy (non-hydrogen) atoms. The number of nitrogens with zero attached hydrogens (tertiary/aromatic N) is 1. The number of carbonyl (C=O) groups is 1. The van der Waals surface area contributed by atoms with Crippen molar-refractivity contribution in [2.45, 2.75) is 26.8 Å². The van der Waals surface area contributed by atoms with Crippen molar-refractivity contribution < 1.29 is 4.79 Å². The number of halogens is 1. The number of rotatable bonds is 3. The Balaban J connectivity index is 0.00000220. The Labute approximate surface area is 131 Å². The second-order valence-electron chi connectivity index (χ2n) is 6.02. The largest absolute Gasteiger partial charge is 0.346 e. The second-order valence-corrected chi connectivity index (χ2v) is 6.02. The molecule has 1 unspecified atom stereocenters. The standard InChI is InChI=1S/C16H21N3O.ClH/c1-16(2,3)14(10-17)19-15(20)13-9-8-11-6-4-5-7-12(11)18-13;/h4-9,14H,10,17H2,1-3H3,(H,19,20);1H. The van der Waals surface area contributed by atoms with Crippen LogP contribution in [0.1, 0.15) is 31.3 Å². The van der Waals surface area contributed by atoms with E-state index in [-0.39, 0.29) is 29.8 Å². The molecule has 0 saturated heterocycles. The van der Waals surface area contributed by atoms with Crippen molar-refractivity contribution >= 4 is 29.2 Å². The van der Waals surface area contributed by atoms with Crippen LogP contribution in [-0.4, -0.2) is 23.5 Å². The molecule has 1 atom stereocenters. The molecule has 0 spiro atoms. The van der Waals surface area contributed by atoms with Crippen molar-refractivity contribution in [2.75, 3.05) is 6.54 Å². The average molecular weight is 308 g/mol. The lowest BCUT2D eigenvalue weighted by atomic mass is 9.86. The lowest BCUT2D eigenvalue weighted by molar-refractivity contribution is 0.0901. The van der Waals surface area contributed by atoms with E-state index in [0.717, 1.165) is 10.9 Å². The molecule has 4 nitrogen and oxygen atoms in total. The zero-order chi connectivity index (χ0) is 14.8. The number of hydrogen-bond donors (Lipinski definition) is 2. The van der Waals surface area contributed by atoms with Gasteiger partial charge >= 0.3 is 0 Å². The van der Waals surface area contributed by atoms with Crippen LogP contribution in [0.4, 0.5) is 0 Å². The van der Waals surface area contributed by atoms with Crippen molar-refractivity contribution in [3.63, 3.8) is 0 Å². The molecule has 2 aromatic rings. The molecule has 1 amide bonds. The first-order valence-electron chi connectivity index (χ1n) is 6.78. The molecule has 0 aliphatic heterocycles. The van der Waals surface area contributed by atoms with Gasteiger partial charge in [-0.3, -0.25) is 4.79 Å². The smallest absolute Gasteiger partial charge is 0.270 e. The fourth-order valence-electron chi connectivity index (χ4n) is 2.05. The summed E-state index contributed by atoms with van der Waals surface area (Å²) in [6.07, 6.45) is 0. The predicted molar refractivity (Wildman–Crippen MR) is 88.8 cm³/mol. The Bertz CT molecular complexity index is 622. The van der Waals surface area contributed by atoms with Gasteiger partial charge in [-0.1, -0.05) is 45.0 Å². The highest BCUT2D eigenvalue weighted by atomic mass is 35.5. The van der Waals surface area contributed by atoms with Gasteiger partial charge in [-0.25, -0.2) is 4.98 Å². The quantitative estimate of drug-likeness (QED) is 0.916. The molecule has 5 heteroatoms. The van der Waals surface area contributed by atoms with E-state index in [1.54, 1.807) is 6.07 Å². The van der Waals surface area contributed by atoms with E-state index >= 15 is 0 Å². The molecule has 3 N–H and O–H groups in total. The maximum absolute atomic E-state index is 12.3. The molecule has 0 aliphatic carbocycles. The molecule has 1 aromatic heterocycles. The van der Waals surface area contributed by atoms with Crippen LogP contribution in [0.2, 0.25) is 0 Å². The highest BCUT2D eigenvalue weighted by molar-refractivity contribution is 5.95. The molecule has 0 aliphatic rings. The van der Waals surface area contributed by atoms with Gasteiger partial charge < -0.3 is 11.1 Å². The van der Waals surface area contributed by atoms with Gasteiger partial charge in [-0.05, 0) is 17.5 Å². The summed E-state index contributed by atoms with van der Waals surface area (Å²) in [5, 5.41) is 3.98. The fourth-order valence-corrected chi connectivity index (χ4v) is 2.05. The van der Waals surface area contributed by atoms with Crippen LogP contribution in [-0.2, 0) is 0 Å². The minimum atomic E-state index is -0.180. The predicted octanol–water partition coefficient (Wildman–Crippen LogP) is 2.76. The molecule has 0 fully saturated rings. The zero-order valence-corrected chi connectivity index (χ0v) is 13.4. The number of para-hydroxylation sites is 1. The summed E-state index contributed by atoms with van der Waals surface area (Å²) in [6.45, 7) is 6.57. The van der Waals surface area contributed by atoms with Crippen molar-refractivity contribution in [2.24, 2.45) is 11.1 Å². The van der Waals surface area contributed by atoms with E-state index in [4.69, 9.17) is 5.73 Å². The van der Waals surface area contributed by atoms with Gasteiger partial charge in [-0.15, -0.1) is 12.4 Å². The van der Waals surface area contributed by atoms with E-state index in [1.807, 2.05) is 30.3 Å². The Morgan fingerprint density at radius 3 is 2.52 bits per heavy atom. The fraction of sp³-hybridized carbons (Fsp3) is 0.375. The maximum atomic E-state index is 12.3. The number of nitrogens with one attached hydrogen (secondary N) is 1. The van der Waals surface area contributed by atoms with Crippen LogP contribution < -0.4 is 11.1 Å². The number of fused-ring (bicyclic) bond motifs is 1. The maximum Gasteiger partial charge on any atom is 0.270 e. The summed E-state index contributed by atoms with van der Waals surface area (Å²) in [5.74, 6) is -0.180. The molecule has 1 heterocycles. The normalized spacial score (nSPS) is 12.6. The Morgan fingerprint density at radius 1 is 1.24 bits per heavy atom. The Morgan fingerprint density at radius 2 is 1.90 bits per heavy atom. The molecule has 0 saturated carbocycles. The molecular weight excluding hydrogens is 286 g/mol. The lowest BCUT2D eigenvalue weighted by Crippen LogP contribution is -2.48. The number of carbonyl (C=O) groups excluding carboxylic acids is 1. The number of pyridine rings is 1. The minimum Gasteiger partial charge on any atom is -0.346 e. The second kappa shape index (κ2) is 6.87. The van der Waals surface area contributed by atoms with Crippen molar-refractivity contribution in [1.29, 1.82) is 0 Å². The SMILES string of the molecule is CC(C)(C)C(CN)NC(=O)c1ccc2ccccc2n1.Cl. The van der Waals surface area contributed by atoms with Gasteiger partial charge in [-0.2, -0.15) is 0 Å². The summed E-state index contributed by atoms with van der Waals surface area (Å²) >= 11 is 0. The van der Waals surface area contributed by atoms with Gasteiger partial charge in [0.2, 0.25) is 0 Å². The van der Waals surface area contributed by atoms with E-state index in [2.05, 4.69) is 31.1 Å². The summed E-state index contributed by atoms with van der Waals surface area (Å²) in [5.41, 5.74) is 6.90. The molecule has 1 aromatic carbocycles. The van der Waals surface area contributed by atoms with Crippen LogP contribution in [0.3, 0.4) is 0 Å². The monoisotopic (exact) mass is 307 g/mol. The van der Waals surface area contributed by atoms with Crippen molar-refractivity contribution in [3.05, 3.63) is 42.1 Å². The van der Waals surface area contributed by atoms with Crippen LogP contribution in [0, 0.1) is 5.41 Å². The number of aromatic nitrogens is 1. The first-order valence-corrected chi connectivity index (χ1v) is 6.78. The summed E-state index contributed by atoms with van der Waals surface area (Å²) in [7, 11) is 0. The topological polar surface area (TPSA) is 68.0 Å². The van der Waals surface area contributed by atoms with Gasteiger partial charge in [0.15, 0.2) is 0 Å². The van der Waals surface area contributed by atoms with E-state index < -0.39 is 0 Å². The average Bonchev–Trinajstić information content (AvgIpc) is 2.42. The number of hydrogen-bond acceptors (Lipinski definition) is 3. The highest BCUT2D eigenvalue weighted by Crippen LogP contribution is 2.19. The first-order chi connectivity index (χ1) is 9.41. The van der Waals surface area contributed by atoms with Crippen LogP contribution in [0.15, 0.2) is 36.4 Å². The lowest BCUT2D eigenvalue weighted by Gasteiger charge is -2.30. The highest BCUT2D eigenvalue weighted by Gasteiger charge is 2.25. The number of amides is 1. The Hall–Kier alpha value is -1.65. The third-order valence-electron chi connectivity index (χ3n) is 3.42. The number of nitrogens with two attached hydrogens (primary N) is 1. The summed E-state index contributed by atoms with van der Waals surface area (Å²) in [4.78, 5) is 16.7. The van der Waals surface area contributed by atoms with Gasteiger partial charge in [0.1, 0.15) is 5.69 Å². The van der Waals surface area contributed by atoms with Crippen LogP contribution in [0.5, 0.6) is 0 Å². The number of benzene rings is 1. The summed E-state index contributed by atoms with van der Waals surface area (Å²) < 4.78 is 0. The minimum absolute atomic E-state index is 0. The third kappa shape index (κ3) is 4.16. The Kier molecular flexibility index (Phi) is 5.70. The van der Waals surface area contributed by atoms with Gasteiger partial charge in [0, 0.05) is 18.0 Å². The molecular formula is C16H22ClN3O. The summed E-state index contributed by atoms with van der Waals surface area (Å²) in [6, 6.07) is 11.3. The first kappa shape index (κ1) is 17.4. The van der Waals surface area contributed by atoms with Gasteiger partial charge in [0.05, 0.1) is 5.52 Å². The van der Waals surface area contributed by atoms with E-state index in [0.29, 0.717) is 12.2 Å². The van der Waals surface area contributed by atoms with Crippen molar-refractivity contribution in [1.82, 2.24) is 10.3 Å². The molecule has 0 radical (unpaired) electrons.